The Balaban J connectivity index is 2.86. The van der Waals surface area contributed by atoms with Crippen molar-refractivity contribution in [1.82, 2.24) is 0 Å². The van der Waals surface area contributed by atoms with E-state index < -0.39 is 34.0 Å². The van der Waals surface area contributed by atoms with E-state index >= 15 is 0 Å². The van der Waals surface area contributed by atoms with Crippen molar-refractivity contribution in [2.45, 2.75) is 0 Å². The van der Waals surface area contributed by atoms with E-state index in [1.54, 1.807) is 0 Å². The Bertz CT molecular complexity index is 447. The van der Waals surface area contributed by atoms with Gasteiger partial charge >= 0.3 is 0 Å². The van der Waals surface area contributed by atoms with Crippen LogP contribution in [0.2, 0.25) is 0 Å². The van der Waals surface area contributed by atoms with Crippen LogP contribution in [0.4, 0.5) is 14.5 Å². The monoisotopic (exact) mass is 237 g/mol. The van der Waals surface area contributed by atoms with E-state index in [0.717, 1.165) is 18.2 Å². The van der Waals surface area contributed by atoms with Crippen molar-refractivity contribution in [3.05, 3.63) is 29.8 Å². The Hall–Kier alpha value is -1.21. The topological polar surface area (TPSA) is 66.4 Å². The minimum atomic E-state index is -3.70. The van der Waals surface area contributed by atoms with Crippen molar-refractivity contribution in [3.8, 4) is 0 Å². The third kappa shape index (κ3) is 3.45. The molecule has 84 valence electrons. The van der Waals surface area contributed by atoms with Gasteiger partial charge in [0.15, 0.2) is 11.6 Å². The van der Waals surface area contributed by atoms with Crippen LogP contribution in [0.15, 0.2) is 18.2 Å². The quantitative estimate of drug-likeness (QED) is 0.810. The van der Waals surface area contributed by atoms with Gasteiger partial charge in [0.2, 0.25) is 10.0 Å². The van der Waals surface area contributed by atoms with E-state index in [1.807, 2.05) is 4.72 Å². The molecule has 0 heterocycles. The summed E-state index contributed by atoms with van der Waals surface area (Å²) in [5.74, 6) is -2.69. The zero-order valence-corrected chi connectivity index (χ0v) is 8.39. The highest BCUT2D eigenvalue weighted by Crippen LogP contribution is 2.14. The van der Waals surface area contributed by atoms with Gasteiger partial charge in [-0.25, -0.2) is 17.2 Å². The minimum Gasteiger partial charge on any atom is -0.395 e. The van der Waals surface area contributed by atoms with Crippen LogP contribution in [0.3, 0.4) is 0 Å². The van der Waals surface area contributed by atoms with Gasteiger partial charge in [-0.3, -0.25) is 4.72 Å². The summed E-state index contributed by atoms with van der Waals surface area (Å²) in [6.07, 6.45) is 0. The molecule has 15 heavy (non-hydrogen) atoms. The van der Waals surface area contributed by atoms with Crippen molar-refractivity contribution >= 4 is 15.7 Å². The second-order valence-electron chi connectivity index (χ2n) is 2.77. The van der Waals surface area contributed by atoms with Gasteiger partial charge in [-0.2, -0.15) is 0 Å². The third-order valence-corrected chi connectivity index (χ3v) is 2.82. The fourth-order valence-electron chi connectivity index (χ4n) is 0.910. The number of sulfonamides is 1. The number of benzene rings is 1. The smallest absolute Gasteiger partial charge is 0.234 e. The third-order valence-electron chi connectivity index (χ3n) is 1.55. The minimum absolute atomic E-state index is 0.0812. The number of nitrogens with one attached hydrogen (secondary N) is 1. The predicted molar refractivity (Wildman–Crippen MR) is 50.9 cm³/mol. The average Bonchev–Trinajstić information content (AvgIpc) is 2.10. The Morgan fingerprint density at radius 3 is 2.47 bits per heavy atom. The maximum Gasteiger partial charge on any atom is 0.234 e. The molecule has 2 N–H and O–H groups in total. The molecule has 0 radical (unpaired) electrons. The molecule has 0 aromatic heterocycles. The van der Waals surface area contributed by atoms with Crippen LogP contribution in [0.1, 0.15) is 0 Å². The number of halogens is 2. The molecule has 0 saturated carbocycles. The second kappa shape index (κ2) is 4.54. The number of anilines is 1. The molecule has 0 atom stereocenters. The van der Waals surface area contributed by atoms with E-state index in [4.69, 9.17) is 5.11 Å². The molecule has 0 fully saturated rings. The highest BCUT2D eigenvalue weighted by Gasteiger charge is 2.10. The molecule has 1 aromatic rings. The van der Waals surface area contributed by atoms with Crippen LogP contribution < -0.4 is 4.72 Å². The number of hydrogen-bond acceptors (Lipinski definition) is 3. The van der Waals surface area contributed by atoms with Crippen molar-refractivity contribution in [2.24, 2.45) is 0 Å². The molecule has 4 nitrogen and oxygen atoms in total. The van der Waals surface area contributed by atoms with Gasteiger partial charge in [0.25, 0.3) is 0 Å². The first-order valence-corrected chi connectivity index (χ1v) is 5.66. The average molecular weight is 237 g/mol. The van der Waals surface area contributed by atoms with Gasteiger partial charge in [0.1, 0.15) is 0 Å². The zero-order valence-electron chi connectivity index (χ0n) is 7.57. The lowest BCUT2D eigenvalue weighted by molar-refractivity contribution is 0.320. The highest BCUT2D eigenvalue weighted by atomic mass is 32.2. The Labute approximate surface area is 85.6 Å². The summed E-state index contributed by atoms with van der Waals surface area (Å²) < 4.78 is 49.4. The molecule has 1 aromatic carbocycles. The summed E-state index contributed by atoms with van der Waals surface area (Å²) >= 11 is 0. The largest absolute Gasteiger partial charge is 0.395 e. The van der Waals surface area contributed by atoms with Crippen LogP contribution in [-0.4, -0.2) is 25.9 Å². The van der Waals surface area contributed by atoms with Gasteiger partial charge in [0.05, 0.1) is 18.0 Å². The summed E-state index contributed by atoms with van der Waals surface area (Å²) in [5.41, 5.74) is -0.0812. The molecule has 0 aliphatic rings. The van der Waals surface area contributed by atoms with Crippen molar-refractivity contribution < 1.29 is 22.3 Å². The SMILES string of the molecule is O=S(=O)(CCO)Nc1ccc(F)c(F)c1. The van der Waals surface area contributed by atoms with E-state index in [1.165, 1.54) is 0 Å². The normalized spacial score (nSPS) is 11.4. The van der Waals surface area contributed by atoms with Crippen molar-refractivity contribution in [1.29, 1.82) is 0 Å². The van der Waals surface area contributed by atoms with Crippen LogP contribution in [0, 0.1) is 11.6 Å². The molecular formula is C8H9F2NO3S. The summed E-state index contributed by atoms with van der Waals surface area (Å²) in [5, 5.41) is 8.43. The van der Waals surface area contributed by atoms with E-state index in [9.17, 15) is 17.2 Å². The van der Waals surface area contributed by atoms with Crippen LogP contribution in [0.5, 0.6) is 0 Å². The molecule has 7 heteroatoms. The molecule has 0 unspecified atom stereocenters. The second-order valence-corrected chi connectivity index (χ2v) is 4.62. The predicted octanol–water partition coefficient (Wildman–Crippen LogP) is 0.699. The maximum absolute atomic E-state index is 12.7. The summed E-state index contributed by atoms with van der Waals surface area (Å²) in [7, 11) is -3.70. The van der Waals surface area contributed by atoms with E-state index in [-0.39, 0.29) is 5.69 Å². The fraction of sp³-hybridized carbons (Fsp3) is 0.250. The number of aliphatic hydroxyl groups is 1. The first-order chi connectivity index (χ1) is 6.94. The lowest BCUT2D eigenvalue weighted by Gasteiger charge is -2.06. The molecule has 0 spiro atoms. The van der Waals surface area contributed by atoms with E-state index in [2.05, 4.69) is 0 Å². The van der Waals surface area contributed by atoms with Gasteiger partial charge < -0.3 is 5.11 Å². The van der Waals surface area contributed by atoms with Gasteiger partial charge in [-0.05, 0) is 12.1 Å². The summed E-state index contributed by atoms with van der Waals surface area (Å²) in [6, 6.07) is 2.63. The molecular weight excluding hydrogens is 228 g/mol. The van der Waals surface area contributed by atoms with Crippen LogP contribution >= 0.6 is 0 Å². The number of aliphatic hydroxyl groups excluding tert-OH is 1. The lowest BCUT2D eigenvalue weighted by Crippen LogP contribution is -2.18. The molecule has 0 aliphatic heterocycles. The maximum atomic E-state index is 12.7. The zero-order chi connectivity index (χ0) is 11.5. The molecule has 1 rings (SSSR count). The number of rotatable bonds is 4. The fourth-order valence-corrected chi connectivity index (χ4v) is 1.74. The molecule has 0 amide bonds. The molecule has 0 saturated heterocycles. The van der Waals surface area contributed by atoms with E-state index in [0.29, 0.717) is 0 Å². The lowest BCUT2D eigenvalue weighted by atomic mass is 10.3. The molecule has 0 aliphatic carbocycles. The first kappa shape index (κ1) is 11.9. The molecule has 0 bridgehead atoms. The van der Waals surface area contributed by atoms with Gasteiger partial charge in [-0.1, -0.05) is 0 Å². The Kier molecular flexibility index (Phi) is 3.59. The highest BCUT2D eigenvalue weighted by molar-refractivity contribution is 7.92. The van der Waals surface area contributed by atoms with Crippen LogP contribution in [-0.2, 0) is 10.0 Å². The summed E-state index contributed by atoms with van der Waals surface area (Å²) in [6.45, 7) is -0.543. The summed E-state index contributed by atoms with van der Waals surface area (Å²) in [4.78, 5) is 0. The van der Waals surface area contributed by atoms with Crippen LogP contribution in [0.25, 0.3) is 0 Å². The Morgan fingerprint density at radius 1 is 1.27 bits per heavy atom. The van der Waals surface area contributed by atoms with Gasteiger partial charge in [0, 0.05) is 6.07 Å². The van der Waals surface area contributed by atoms with Crippen molar-refractivity contribution in [2.75, 3.05) is 17.1 Å². The first-order valence-electron chi connectivity index (χ1n) is 4.01. The number of hydrogen-bond donors (Lipinski definition) is 2. The standard InChI is InChI=1S/C8H9F2NO3S/c9-7-2-1-6(5-8(7)10)11-15(13,14)4-3-12/h1-2,5,11-12H,3-4H2. The van der Waals surface area contributed by atoms with Gasteiger partial charge in [-0.15, -0.1) is 0 Å². The van der Waals surface area contributed by atoms with Crippen molar-refractivity contribution in [3.63, 3.8) is 0 Å². The Morgan fingerprint density at radius 2 is 1.93 bits per heavy atom.